The molecule has 0 radical (unpaired) electrons. The van der Waals surface area contributed by atoms with E-state index < -0.39 is 17.7 Å². The van der Waals surface area contributed by atoms with Crippen LogP contribution in [0.3, 0.4) is 0 Å². The van der Waals surface area contributed by atoms with E-state index in [0.29, 0.717) is 16.8 Å². The maximum atomic E-state index is 13.8. The first kappa shape index (κ1) is 18.3. The van der Waals surface area contributed by atoms with E-state index in [1.807, 2.05) is 13.8 Å². The van der Waals surface area contributed by atoms with E-state index >= 15 is 0 Å². The van der Waals surface area contributed by atoms with Gasteiger partial charge in [-0.3, -0.25) is 9.69 Å². The zero-order valence-corrected chi connectivity index (χ0v) is 15.2. The molecule has 1 aromatic carbocycles. The summed E-state index contributed by atoms with van der Waals surface area (Å²) in [6.07, 6.45) is -4.82. The number of pyridine rings is 1. The number of fused-ring (bicyclic) bond motifs is 2. The minimum atomic E-state index is -4.71. The first-order valence-corrected chi connectivity index (χ1v) is 8.19. The Labute approximate surface area is 149 Å². The second-order valence-corrected chi connectivity index (χ2v) is 7.08. The molecule has 1 aliphatic heterocycles. The van der Waals surface area contributed by atoms with Gasteiger partial charge in [-0.2, -0.15) is 13.2 Å². The van der Waals surface area contributed by atoms with Crippen LogP contribution in [-0.2, 0) is 4.79 Å². The molecular formula is C18H20F3N3O2. The molecule has 0 saturated carbocycles. The Morgan fingerprint density at radius 3 is 2.38 bits per heavy atom. The van der Waals surface area contributed by atoms with Crippen molar-refractivity contribution in [3.8, 4) is 5.88 Å². The Morgan fingerprint density at radius 1 is 1.15 bits per heavy atom. The molecule has 26 heavy (non-hydrogen) atoms. The van der Waals surface area contributed by atoms with Crippen molar-refractivity contribution in [1.29, 1.82) is 0 Å². The number of carbonyl (C=O) groups is 1. The number of rotatable bonds is 2. The lowest BCUT2D eigenvalue weighted by atomic mass is 9.95. The van der Waals surface area contributed by atoms with Gasteiger partial charge in [0.25, 0.3) is 5.91 Å². The first-order chi connectivity index (χ1) is 11.9. The molecule has 0 N–H and O–H groups in total. The molecule has 0 bridgehead atoms. The van der Waals surface area contributed by atoms with Crippen LogP contribution < -0.4 is 14.5 Å². The zero-order chi connectivity index (χ0) is 19.4. The van der Waals surface area contributed by atoms with Crippen molar-refractivity contribution in [3.05, 3.63) is 24.3 Å². The second-order valence-electron chi connectivity index (χ2n) is 7.08. The third kappa shape index (κ3) is 2.83. The fourth-order valence-electron chi connectivity index (χ4n) is 3.25. The van der Waals surface area contributed by atoms with Gasteiger partial charge in [0.05, 0.1) is 23.0 Å². The predicted molar refractivity (Wildman–Crippen MR) is 93.5 cm³/mol. The number of hydrogen-bond acceptors (Lipinski definition) is 4. The summed E-state index contributed by atoms with van der Waals surface area (Å²) < 4.78 is 46.9. The lowest BCUT2D eigenvalue weighted by molar-refractivity contribution is -0.151. The lowest BCUT2D eigenvalue weighted by Crippen LogP contribution is -2.63. The normalized spacial score (nSPS) is 17.0. The third-order valence-electron chi connectivity index (χ3n) is 4.36. The number of anilines is 2. The number of nitrogens with zero attached hydrogens (tertiary/aromatic N) is 3. The molecule has 0 unspecified atom stereocenters. The maximum absolute atomic E-state index is 13.8. The summed E-state index contributed by atoms with van der Waals surface area (Å²) in [5, 5.41) is 0.626. The zero-order valence-electron chi connectivity index (χ0n) is 15.2. The summed E-state index contributed by atoms with van der Waals surface area (Å²) in [4.78, 5) is 18.3. The Bertz CT molecular complexity index is 878. The number of alkyl halides is 3. The Morgan fingerprint density at radius 2 is 1.81 bits per heavy atom. The monoisotopic (exact) mass is 367 g/mol. The average Bonchev–Trinajstić information content (AvgIpc) is 2.49. The van der Waals surface area contributed by atoms with Crippen molar-refractivity contribution in [2.45, 2.75) is 45.6 Å². The number of ether oxygens (including phenoxy) is 1. The van der Waals surface area contributed by atoms with Crippen molar-refractivity contribution < 1.29 is 22.7 Å². The molecule has 0 saturated heterocycles. The maximum Gasteiger partial charge on any atom is 0.485 e. The van der Waals surface area contributed by atoms with E-state index in [1.165, 1.54) is 31.9 Å². The fraction of sp³-hybridized carbons (Fsp3) is 0.444. The number of amides is 1. The molecule has 0 aliphatic carbocycles. The molecule has 1 aliphatic rings. The van der Waals surface area contributed by atoms with Crippen molar-refractivity contribution >= 4 is 28.2 Å². The van der Waals surface area contributed by atoms with Gasteiger partial charge in [0.1, 0.15) is 5.54 Å². The number of aromatic nitrogens is 1. The van der Waals surface area contributed by atoms with Gasteiger partial charge in [-0.1, -0.05) is 0 Å². The van der Waals surface area contributed by atoms with Gasteiger partial charge < -0.3 is 9.64 Å². The standard InChI is InChI=1S/C18H20F3N3O2/c1-10(2)26-15-7-6-11-8-13-14(9-12(11)22-15)24(18(19,20)21)17(3,4)16(25)23(13)5/h6-10H,1-5H3. The van der Waals surface area contributed by atoms with Gasteiger partial charge in [-0.15, -0.1) is 0 Å². The number of halogens is 3. The van der Waals surface area contributed by atoms with E-state index in [0.717, 1.165) is 0 Å². The summed E-state index contributed by atoms with van der Waals surface area (Å²) in [7, 11) is 1.48. The molecule has 0 spiro atoms. The predicted octanol–water partition coefficient (Wildman–Crippen LogP) is 4.10. The molecule has 8 heteroatoms. The van der Waals surface area contributed by atoms with Crippen LogP contribution in [0.4, 0.5) is 24.5 Å². The molecule has 0 fully saturated rings. The van der Waals surface area contributed by atoms with Crippen LogP contribution >= 0.6 is 0 Å². The summed E-state index contributed by atoms with van der Waals surface area (Å²) in [5.74, 6) is -0.292. The molecule has 1 aromatic heterocycles. The van der Waals surface area contributed by atoms with Gasteiger partial charge in [-0.25, -0.2) is 4.98 Å². The summed E-state index contributed by atoms with van der Waals surface area (Å²) in [5.41, 5.74) is -1.31. The highest BCUT2D eigenvalue weighted by atomic mass is 19.4. The minimum Gasteiger partial charge on any atom is -0.475 e. The van der Waals surface area contributed by atoms with E-state index in [9.17, 15) is 18.0 Å². The van der Waals surface area contributed by atoms with Gasteiger partial charge in [0.2, 0.25) is 5.88 Å². The molecular weight excluding hydrogens is 347 g/mol. The topological polar surface area (TPSA) is 45.7 Å². The van der Waals surface area contributed by atoms with E-state index in [1.54, 1.807) is 18.2 Å². The highest BCUT2D eigenvalue weighted by Gasteiger charge is 2.54. The second kappa shape index (κ2) is 5.75. The van der Waals surface area contributed by atoms with Crippen LogP contribution in [0.25, 0.3) is 10.9 Å². The SMILES string of the molecule is CC(C)Oc1ccc2cc3c(cc2n1)N(C(F)(F)F)C(C)(C)C(=O)N3C. The third-order valence-corrected chi connectivity index (χ3v) is 4.36. The summed E-state index contributed by atoms with van der Waals surface area (Å²) in [6, 6.07) is 6.28. The molecule has 2 heterocycles. The Hall–Kier alpha value is -2.51. The van der Waals surface area contributed by atoms with Crippen LogP contribution in [0, 0.1) is 0 Å². The highest BCUT2D eigenvalue weighted by Crippen LogP contribution is 2.46. The number of benzene rings is 1. The smallest absolute Gasteiger partial charge is 0.475 e. The van der Waals surface area contributed by atoms with Crippen LogP contribution in [0.1, 0.15) is 27.7 Å². The van der Waals surface area contributed by atoms with Gasteiger partial charge in [0, 0.05) is 18.5 Å². The molecule has 5 nitrogen and oxygen atoms in total. The molecule has 140 valence electrons. The highest BCUT2D eigenvalue weighted by molar-refractivity contribution is 6.10. The largest absolute Gasteiger partial charge is 0.485 e. The van der Waals surface area contributed by atoms with Crippen LogP contribution in [0.2, 0.25) is 0 Å². The van der Waals surface area contributed by atoms with Crippen LogP contribution in [-0.4, -0.2) is 35.9 Å². The number of likely N-dealkylation sites (N-methyl/N-ethyl adjacent to an activating group) is 1. The fourth-order valence-corrected chi connectivity index (χ4v) is 3.25. The molecule has 2 aromatic rings. The average molecular weight is 367 g/mol. The minimum absolute atomic E-state index is 0.105. The summed E-state index contributed by atoms with van der Waals surface area (Å²) >= 11 is 0. The van der Waals surface area contributed by atoms with Crippen molar-refractivity contribution in [3.63, 3.8) is 0 Å². The van der Waals surface area contributed by atoms with Gasteiger partial charge in [0.15, 0.2) is 0 Å². The van der Waals surface area contributed by atoms with E-state index in [2.05, 4.69) is 4.98 Å². The van der Waals surface area contributed by atoms with Gasteiger partial charge in [-0.05, 0) is 45.9 Å². The molecule has 0 atom stereocenters. The Balaban J connectivity index is 2.25. The Kier molecular flexibility index (Phi) is 4.05. The summed E-state index contributed by atoms with van der Waals surface area (Å²) in [6.45, 7) is 6.21. The van der Waals surface area contributed by atoms with Crippen molar-refractivity contribution in [1.82, 2.24) is 4.98 Å². The van der Waals surface area contributed by atoms with Gasteiger partial charge >= 0.3 is 6.30 Å². The lowest BCUT2D eigenvalue weighted by Gasteiger charge is -2.47. The molecule has 3 rings (SSSR count). The molecule has 1 amide bonds. The van der Waals surface area contributed by atoms with Crippen LogP contribution in [0.5, 0.6) is 5.88 Å². The first-order valence-electron chi connectivity index (χ1n) is 8.19. The quantitative estimate of drug-likeness (QED) is 0.750. The van der Waals surface area contributed by atoms with E-state index in [4.69, 9.17) is 4.74 Å². The van der Waals surface area contributed by atoms with Crippen molar-refractivity contribution in [2.24, 2.45) is 0 Å². The number of hydrogen-bond donors (Lipinski definition) is 0. The van der Waals surface area contributed by atoms with E-state index in [-0.39, 0.29) is 22.4 Å². The van der Waals surface area contributed by atoms with Crippen molar-refractivity contribution in [2.75, 3.05) is 16.8 Å². The van der Waals surface area contributed by atoms with Crippen LogP contribution in [0.15, 0.2) is 24.3 Å². The number of carbonyl (C=O) groups excluding carboxylic acids is 1.